The zero-order chi connectivity index (χ0) is 29.0. The number of hydrogen-bond acceptors (Lipinski definition) is 1. The van der Waals surface area contributed by atoms with E-state index < -0.39 is 0 Å². The molecule has 9 rings (SSSR count). The Labute approximate surface area is 254 Å². The maximum atomic E-state index is 5.51. The molecule has 0 saturated heterocycles. The minimum atomic E-state index is 0.957. The molecule has 3 aromatic heterocycles. The highest BCUT2D eigenvalue weighted by Crippen LogP contribution is 2.39. The lowest BCUT2D eigenvalue weighted by molar-refractivity contribution is 1.14. The fraction of sp³-hybridized carbons (Fsp3) is 0. The maximum Gasteiger partial charge on any atom is 0.146 e. The first-order valence-electron chi connectivity index (χ1n) is 15.0. The Morgan fingerprint density at radius 2 is 0.864 bits per heavy atom. The van der Waals surface area contributed by atoms with Crippen LogP contribution in [0.1, 0.15) is 0 Å². The van der Waals surface area contributed by atoms with Crippen LogP contribution in [0.5, 0.6) is 0 Å². The second-order valence-electron chi connectivity index (χ2n) is 11.3. The van der Waals surface area contributed by atoms with Gasteiger partial charge in [-0.25, -0.2) is 4.98 Å². The second kappa shape index (κ2) is 9.82. The number of aromatic nitrogens is 3. The number of pyridine rings is 1. The normalized spacial score (nSPS) is 11.6. The van der Waals surface area contributed by atoms with Gasteiger partial charge in [-0.15, -0.1) is 0 Å². The maximum absolute atomic E-state index is 5.51. The number of benzene rings is 6. The van der Waals surface area contributed by atoms with E-state index in [0.717, 1.165) is 49.9 Å². The monoisotopic (exact) mass is 561 g/mol. The molecule has 0 N–H and O–H groups in total. The molecule has 0 spiro atoms. The van der Waals surface area contributed by atoms with E-state index in [4.69, 9.17) is 4.98 Å². The molecule has 3 nitrogen and oxygen atoms in total. The molecule has 0 aliphatic carbocycles. The first-order chi connectivity index (χ1) is 21.8. The average Bonchev–Trinajstić information content (AvgIpc) is 3.60. The van der Waals surface area contributed by atoms with Crippen molar-refractivity contribution in [3.63, 3.8) is 0 Å². The van der Waals surface area contributed by atoms with E-state index in [0.29, 0.717) is 0 Å². The van der Waals surface area contributed by atoms with Crippen LogP contribution in [0.4, 0.5) is 0 Å². The van der Waals surface area contributed by atoms with Gasteiger partial charge in [0.1, 0.15) is 5.65 Å². The summed E-state index contributed by atoms with van der Waals surface area (Å²) in [4.78, 5) is 5.51. The summed E-state index contributed by atoms with van der Waals surface area (Å²) in [6.45, 7) is 0. The Morgan fingerprint density at radius 3 is 1.50 bits per heavy atom. The van der Waals surface area contributed by atoms with E-state index in [9.17, 15) is 0 Å². The summed E-state index contributed by atoms with van der Waals surface area (Å²) in [5, 5.41) is 3.47. The molecule has 0 fully saturated rings. The third-order valence-electron chi connectivity index (χ3n) is 8.67. The molecular formula is C41H27N3. The van der Waals surface area contributed by atoms with Crippen molar-refractivity contribution in [2.45, 2.75) is 0 Å². The van der Waals surface area contributed by atoms with Gasteiger partial charge in [0, 0.05) is 27.5 Å². The number of fused-ring (bicyclic) bond motifs is 6. The number of para-hydroxylation sites is 3. The van der Waals surface area contributed by atoms with E-state index >= 15 is 0 Å². The molecule has 9 aromatic rings. The van der Waals surface area contributed by atoms with E-state index in [1.165, 1.54) is 27.6 Å². The summed E-state index contributed by atoms with van der Waals surface area (Å²) in [6.07, 6.45) is 0. The highest BCUT2D eigenvalue weighted by atomic mass is 15.1. The zero-order valence-electron chi connectivity index (χ0n) is 23.9. The van der Waals surface area contributed by atoms with E-state index in [1.54, 1.807) is 0 Å². The Bertz CT molecular complexity index is 2410. The van der Waals surface area contributed by atoms with Gasteiger partial charge >= 0.3 is 0 Å². The van der Waals surface area contributed by atoms with Gasteiger partial charge in [-0.3, -0.25) is 4.57 Å². The van der Waals surface area contributed by atoms with Crippen LogP contribution in [0.2, 0.25) is 0 Å². The van der Waals surface area contributed by atoms with E-state index in [1.807, 2.05) is 0 Å². The zero-order valence-corrected chi connectivity index (χ0v) is 23.9. The molecule has 0 radical (unpaired) electrons. The lowest BCUT2D eigenvalue weighted by atomic mass is 9.98. The molecule has 206 valence electrons. The van der Waals surface area contributed by atoms with Crippen LogP contribution in [0.15, 0.2) is 164 Å². The lowest BCUT2D eigenvalue weighted by Crippen LogP contribution is -1.98. The minimum Gasteiger partial charge on any atom is -0.308 e. The third-order valence-corrected chi connectivity index (χ3v) is 8.67. The predicted molar refractivity (Wildman–Crippen MR) is 184 cm³/mol. The fourth-order valence-corrected chi connectivity index (χ4v) is 6.69. The summed E-state index contributed by atoms with van der Waals surface area (Å²) in [5.41, 5.74) is 12.3. The van der Waals surface area contributed by atoms with Gasteiger partial charge < -0.3 is 4.57 Å². The molecular weight excluding hydrogens is 534 g/mol. The third kappa shape index (κ3) is 3.80. The molecule has 0 bridgehead atoms. The van der Waals surface area contributed by atoms with Gasteiger partial charge in [0.25, 0.3) is 0 Å². The Balaban J connectivity index is 1.40. The standard InChI is InChI=1S/C41H27N3/c1-4-14-28(15-5-1)30-24-31(29-16-6-2-7-17-29)26-33(25-30)44-37-22-12-10-20-34(37)36-27-39-40(42-41(36)44)35-21-11-13-23-38(35)43(39)32-18-8-3-9-19-32/h1-27H. The summed E-state index contributed by atoms with van der Waals surface area (Å²) in [5.74, 6) is 0. The van der Waals surface area contributed by atoms with Crippen molar-refractivity contribution < 1.29 is 0 Å². The van der Waals surface area contributed by atoms with Crippen molar-refractivity contribution in [2.24, 2.45) is 0 Å². The average molecular weight is 562 g/mol. The van der Waals surface area contributed by atoms with Crippen LogP contribution in [-0.2, 0) is 0 Å². The summed E-state index contributed by atoms with van der Waals surface area (Å²) >= 11 is 0. The molecule has 3 heteroatoms. The second-order valence-corrected chi connectivity index (χ2v) is 11.3. The first kappa shape index (κ1) is 24.6. The van der Waals surface area contributed by atoms with Crippen LogP contribution in [0.3, 0.4) is 0 Å². The van der Waals surface area contributed by atoms with Crippen LogP contribution in [0, 0.1) is 0 Å². The van der Waals surface area contributed by atoms with Gasteiger partial charge in [-0.05, 0) is 70.8 Å². The topological polar surface area (TPSA) is 22.8 Å². The minimum absolute atomic E-state index is 0.957. The predicted octanol–water partition coefficient (Wildman–Crippen LogP) is 10.6. The van der Waals surface area contributed by atoms with E-state index in [-0.39, 0.29) is 0 Å². The summed E-state index contributed by atoms with van der Waals surface area (Å²) in [7, 11) is 0. The lowest BCUT2D eigenvalue weighted by Gasteiger charge is -2.14. The number of hydrogen-bond donors (Lipinski definition) is 0. The van der Waals surface area contributed by atoms with Crippen molar-refractivity contribution >= 4 is 43.9 Å². The fourth-order valence-electron chi connectivity index (χ4n) is 6.69. The van der Waals surface area contributed by atoms with Crippen molar-refractivity contribution in [2.75, 3.05) is 0 Å². The molecule has 0 aliphatic rings. The summed E-state index contributed by atoms with van der Waals surface area (Å²) in [6, 6.07) is 58.3. The smallest absolute Gasteiger partial charge is 0.146 e. The van der Waals surface area contributed by atoms with Crippen LogP contribution < -0.4 is 0 Å². The van der Waals surface area contributed by atoms with Gasteiger partial charge in [0.05, 0.1) is 22.1 Å². The summed E-state index contributed by atoms with van der Waals surface area (Å²) < 4.78 is 4.68. The van der Waals surface area contributed by atoms with Gasteiger partial charge in [-0.2, -0.15) is 0 Å². The Hall–Kier alpha value is -5.93. The molecule has 0 amide bonds. The molecule has 3 heterocycles. The highest BCUT2D eigenvalue weighted by molar-refractivity contribution is 6.15. The molecule has 0 unspecified atom stereocenters. The molecule has 0 aliphatic heterocycles. The van der Waals surface area contributed by atoms with Gasteiger partial charge in [0.2, 0.25) is 0 Å². The largest absolute Gasteiger partial charge is 0.308 e. The number of nitrogens with zero attached hydrogens (tertiary/aromatic N) is 3. The van der Waals surface area contributed by atoms with Crippen molar-refractivity contribution in [3.8, 4) is 33.6 Å². The van der Waals surface area contributed by atoms with Crippen molar-refractivity contribution in [1.29, 1.82) is 0 Å². The van der Waals surface area contributed by atoms with Crippen LogP contribution in [-0.4, -0.2) is 14.1 Å². The Morgan fingerprint density at radius 1 is 0.341 bits per heavy atom. The van der Waals surface area contributed by atoms with Gasteiger partial charge in [0.15, 0.2) is 0 Å². The number of rotatable bonds is 4. The molecule has 0 atom stereocenters. The van der Waals surface area contributed by atoms with Gasteiger partial charge in [-0.1, -0.05) is 115 Å². The SMILES string of the molecule is c1ccc(-c2cc(-c3ccccc3)cc(-n3c4ccccc4c4cc5c(nc43)c3ccccc3n5-c3ccccc3)c2)cc1. The molecule has 44 heavy (non-hydrogen) atoms. The first-order valence-corrected chi connectivity index (χ1v) is 15.0. The van der Waals surface area contributed by atoms with E-state index in [2.05, 4.69) is 173 Å². The molecule has 0 saturated carbocycles. The molecule has 6 aromatic carbocycles. The van der Waals surface area contributed by atoms with Crippen LogP contribution >= 0.6 is 0 Å². The Kier molecular flexibility index (Phi) is 5.50. The quantitative estimate of drug-likeness (QED) is 0.210. The highest BCUT2D eigenvalue weighted by Gasteiger charge is 2.20. The van der Waals surface area contributed by atoms with Crippen LogP contribution in [0.25, 0.3) is 77.5 Å². The van der Waals surface area contributed by atoms with Crippen molar-refractivity contribution in [1.82, 2.24) is 14.1 Å². The van der Waals surface area contributed by atoms with Crippen molar-refractivity contribution in [3.05, 3.63) is 164 Å².